The lowest BCUT2D eigenvalue weighted by atomic mass is 10.1. The molecule has 4 rings (SSSR count). The van der Waals surface area contributed by atoms with Crippen molar-refractivity contribution in [1.29, 1.82) is 0 Å². The van der Waals surface area contributed by atoms with E-state index in [2.05, 4.69) is 5.10 Å². The molecule has 4 aromatic rings. The summed E-state index contributed by atoms with van der Waals surface area (Å²) in [6.07, 6.45) is -9.11. The first kappa shape index (κ1) is 24.5. The lowest BCUT2D eigenvalue weighted by Gasteiger charge is -2.12. The Balaban J connectivity index is 1.91. The summed E-state index contributed by atoms with van der Waals surface area (Å²) in [5.74, 6) is 0. The molecule has 0 aliphatic heterocycles. The standard InChI is InChI=1S/C23H15F6N3O2S/c24-22(25,26)16-9-5-14(6-10-16)18-13-20(15-7-11-17(12-8-15)23(27,28)29)32(31-18)19-3-1-2-4-21(19)35(30,33)34/h1-13H,(H2,30,33,34). The van der Waals surface area contributed by atoms with Crippen LogP contribution in [0.1, 0.15) is 11.1 Å². The van der Waals surface area contributed by atoms with Crippen LogP contribution in [0.5, 0.6) is 0 Å². The SMILES string of the molecule is NS(=O)(=O)c1ccccc1-n1nc(-c2ccc(C(F)(F)F)cc2)cc1-c1ccc(C(F)(F)F)cc1. The lowest BCUT2D eigenvalue weighted by Crippen LogP contribution is -2.16. The number of hydrogen-bond acceptors (Lipinski definition) is 3. The lowest BCUT2D eigenvalue weighted by molar-refractivity contribution is -0.138. The van der Waals surface area contributed by atoms with Crippen LogP contribution in [0.4, 0.5) is 26.3 Å². The summed E-state index contributed by atoms with van der Waals surface area (Å²) < 4.78 is 103. The number of rotatable bonds is 4. The summed E-state index contributed by atoms with van der Waals surface area (Å²) in [4.78, 5) is -0.296. The molecule has 0 aliphatic carbocycles. The molecule has 0 aliphatic rings. The maximum atomic E-state index is 13.0. The van der Waals surface area contributed by atoms with Crippen LogP contribution in [0, 0.1) is 0 Å². The Bertz CT molecular complexity index is 1470. The van der Waals surface area contributed by atoms with Crippen LogP contribution in [0.3, 0.4) is 0 Å². The molecule has 35 heavy (non-hydrogen) atoms. The predicted molar refractivity (Wildman–Crippen MR) is 116 cm³/mol. The maximum Gasteiger partial charge on any atom is 0.416 e. The highest BCUT2D eigenvalue weighted by atomic mass is 32.2. The normalized spacial score (nSPS) is 12.7. The van der Waals surface area contributed by atoms with Crippen molar-refractivity contribution in [3.05, 3.63) is 90.0 Å². The minimum atomic E-state index is -4.57. The van der Waals surface area contributed by atoms with E-state index < -0.39 is 33.5 Å². The van der Waals surface area contributed by atoms with E-state index in [0.29, 0.717) is 0 Å². The van der Waals surface area contributed by atoms with Crippen molar-refractivity contribution in [3.63, 3.8) is 0 Å². The molecule has 0 atom stereocenters. The number of sulfonamides is 1. The van der Waals surface area contributed by atoms with E-state index in [4.69, 9.17) is 5.14 Å². The molecule has 182 valence electrons. The van der Waals surface area contributed by atoms with Crippen LogP contribution in [0.15, 0.2) is 83.8 Å². The molecule has 0 fully saturated rings. The van der Waals surface area contributed by atoms with Crippen molar-refractivity contribution in [2.24, 2.45) is 5.14 Å². The van der Waals surface area contributed by atoms with Gasteiger partial charge in [0.2, 0.25) is 10.0 Å². The van der Waals surface area contributed by atoms with Gasteiger partial charge in [-0.25, -0.2) is 18.2 Å². The van der Waals surface area contributed by atoms with Crippen LogP contribution in [-0.4, -0.2) is 18.2 Å². The molecule has 1 aromatic heterocycles. The molecule has 3 aromatic carbocycles. The van der Waals surface area contributed by atoms with Gasteiger partial charge in [0.25, 0.3) is 0 Å². The van der Waals surface area contributed by atoms with E-state index in [1.807, 2.05) is 0 Å². The molecule has 0 radical (unpaired) electrons. The maximum absolute atomic E-state index is 13.0. The predicted octanol–water partition coefficient (Wildman–Crippen LogP) is 5.89. The van der Waals surface area contributed by atoms with E-state index in [1.165, 1.54) is 59.3 Å². The van der Waals surface area contributed by atoms with Gasteiger partial charge in [-0.3, -0.25) is 0 Å². The third-order valence-electron chi connectivity index (χ3n) is 5.13. The van der Waals surface area contributed by atoms with Gasteiger partial charge in [0.05, 0.1) is 28.2 Å². The van der Waals surface area contributed by atoms with Gasteiger partial charge in [-0.15, -0.1) is 0 Å². The van der Waals surface area contributed by atoms with Gasteiger partial charge in [-0.1, -0.05) is 36.4 Å². The molecular formula is C23H15F6N3O2S. The smallest absolute Gasteiger partial charge is 0.231 e. The Kier molecular flexibility index (Phi) is 5.97. The Labute approximate surface area is 195 Å². The fourth-order valence-corrected chi connectivity index (χ4v) is 4.16. The molecule has 0 amide bonds. The highest BCUT2D eigenvalue weighted by Gasteiger charge is 2.31. The minimum absolute atomic E-state index is 0.0167. The molecule has 0 saturated heterocycles. The summed E-state index contributed by atoms with van der Waals surface area (Å²) in [5, 5.41) is 9.68. The molecule has 5 nitrogen and oxygen atoms in total. The average Bonchev–Trinajstić information content (AvgIpc) is 3.23. The Hall–Kier alpha value is -3.64. The minimum Gasteiger partial charge on any atom is -0.231 e. The summed E-state index contributed by atoms with van der Waals surface area (Å²) in [6, 6.07) is 15.2. The second kappa shape index (κ2) is 8.54. The summed E-state index contributed by atoms with van der Waals surface area (Å²) in [5.41, 5.74) is -0.847. The second-order valence-corrected chi connectivity index (χ2v) is 9.02. The number of nitrogens with two attached hydrogens (primary N) is 1. The Morgan fingerprint density at radius 1 is 0.714 bits per heavy atom. The van der Waals surface area contributed by atoms with Gasteiger partial charge < -0.3 is 0 Å². The van der Waals surface area contributed by atoms with Crippen LogP contribution in [0.25, 0.3) is 28.2 Å². The number of benzene rings is 3. The molecule has 0 saturated carbocycles. The van der Waals surface area contributed by atoms with Crippen molar-refractivity contribution < 1.29 is 34.8 Å². The average molecular weight is 511 g/mol. The van der Waals surface area contributed by atoms with Gasteiger partial charge >= 0.3 is 12.4 Å². The zero-order valence-electron chi connectivity index (χ0n) is 17.5. The second-order valence-electron chi connectivity index (χ2n) is 7.49. The van der Waals surface area contributed by atoms with Crippen LogP contribution in [0.2, 0.25) is 0 Å². The molecule has 1 heterocycles. The van der Waals surface area contributed by atoms with Gasteiger partial charge in [-0.05, 0) is 42.5 Å². The fourth-order valence-electron chi connectivity index (χ4n) is 3.44. The molecule has 0 bridgehead atoms. The first-order valence-electron chi connectivity index (χ1n) is 9.83. The van der Waals surface area contributed by atoms with Crippen LogP contribution < -0.4 is 5.14 Å². The van der Waals surface area contributed by atoms with E-state index in [9.17, 15) is 34.8 Å². The molecule has 0 unspecified atom stereocenters. The number of hydrogen-bond donors (Lipinski definition) is 1. The summed E-state index contributed by atoms with van der Waals surface area (Å²) >= 11 is 0. The van der Waals surface area contributed by atoms with Crippen LogP contribution >= 0.6 is 0 Å². The van der Waals surface area contributed by atoms with Gasteiger partial charge in [0.15, 0.2) is 0 Å². The Morgan fingerprint density at radius 3 is 1.69 bits per heavy atom. The van der Waals surface area contributed by atoms with E-state index in [0.717, 1.165) is 24.3 Å². The van der Waals surface area contributed by atoms with Gasteiger partial charge in [0.1, 0.15) is 4.90 Å². The number of primary sulfonamides is 1. The van der Waals surface area contributed by atoms with E-state index >= 15 is 0 Å². The first-order chi connectivity index (χ1) is 16.2. The van der Waals surface area contributed by atoms with E-state index in [1.54, 1.807) is 0 Å². The number of nitrogens with zero attached hydrogens (tertiary/aromatic N) is 2. The summed E-state index contributed by atoms with van der Waals surface area (Å²) in [6.45, 7) is 0. The number of halogens is 6. The third kappa shape index (κ3) is 5.08. The number of alkyl halides is 6. The van der Waals surface area contributed by atoms with Crippen molar-refractivity contribution in [3.8, 4) is 28.2 Å². The fraction of sp³-hybridized carbons (Fsp3) is 0.0870. The van der Waals surface area contributed by atoms with Crippen molar-refractivity contribution in [2.75, 3.05) is 0 Å². The Morgan fingerprint density at radius 2 is 1.20 bits per heavy atom. The molecular weight excluding hydrogens is 496 g/mol. The number of aromatic nitrogens is 2. The largest absolute Gasteiger partial charge is 0.416 e. The van der Waals surface area contributed by atoms with Crippen molar-refractivity contribution in [2.45, 2.75) is 17.2 Å². The molecule has 0 spiro atoms. The zero-order chi connectivity index (χ0) is 25.6. The molecule has 2 N–H and O–H groups in total. The van der Waals surface area contributed by atoms with Crippen LogP contribution in [-0.2, 0) is 22.4 Å². The van der Waals surface area contributed by atoms with Crippen molar-refractivity contribution >= 4 is 10.0 Å². The molecule has 12 heteroatoms. The topological polar surface area (TPSA) is 78.0 Å². The van der Waals surface area contributed by atoms with Crippen molar-refractivity contribution in [1.82, 2.24) is 9.78 Å². The monoisotopic (exact) mass is 511 g/mol. The zero-order valence-corrected chi connectivity index (χ0v) is 18.3. The third-order valence-corrected chi connectivity index (χ3v) is 6.08. The number of para-hydroxylation sites is 1. The highest BCUT2D eigenvalue weighted by molar-refractivity contribution is 7.89. The van der Waals surface area contributed by atoms with Gasteiger partial charge in [0, 0.05) is 11.1 Å². The first-order valence-corrected chi connectivity index (χ1v) is 11.4. The van der Waals surface area contributed by atoms with Gasteiger partial charge in [-0.2, -0.15) is 31.4 Å². The quantitative estimate of drug-likeness (QED) is 0.347. The summed E-state index contributed by atoms with van der Waals surface area (Å²) in [7, 11) is -4.22. The highest BCUT2D eigenvalue weighted by Crippen LogP contribution is 2.35. The van der Waals surface area contributed by atoms with E-state index in [-0.39, 0.29) is 33.1 Å².